The largest absolute Gasteiger partial charge is 0.203 e. The lowest BCUT2D eigenvalue weighted by Crippen LogP contribution is -2.23. The Bertz CT molecular complexity index is 735. The molecule has 0 spiro atoms. The third-order valence-corrected chi connectivity index (χ3v) is 8.78. The Kier molecular flexibility index (Phi) is 8.24. The summed E-state index contributed by atoms with van der Waals surface area (Å²) < 4.78 is 29.7. The van der Waals surface area contributed by atoms with E-state index in [1.807, 2.05) is 12.1 Å². The summed E-state index contributed by atoms with van der Waals surface area (Å²) in [4.78, 5) is 0. The molecule has 1 unspecified atom stereocenters. The van der Waals surface area contributed by atoms with Crippen LogP contribution in [0.15, 0.2) is 18.2 Å². The minimum atomic E-state index is -0.606. The standard InChI is InChI=1S/C29H42F2/c1-2-3-6-22-9-12-23(13-10-22)24-15-17-25(18-16-24)27-20-19-26(28(30)29(27)31)14-11-21-7-4-5-8-21/h17,19-24H,2-16,18H2,1H3. The van der Waals surface area contributed by atoms with Gasteiger partial charge in [-0.1, -0.05) is 82.9 Å². The summed E-state index contributed by atoms with van der Waals surface area (Å²) in [6.45, 7) is 2.29. The van der Waals surface area contributed by atoms with E-state index in [0.717, 1.165) is 49.0 Å². The van der Waals surface area contributed by atoms with Crippen LogP contribution in [-0.2, 0) is 6.42 Å². The molecule has 31 heavy (non-hydrogen) atoms. The van der Waals surface area contributed by atoms with Gasteiger partial charge in [-0.2, -0.15) is 0 Å². The number of hydrogen-bond acceptors (Lipinski definition) is 0. The monoisotopic (exact) mass is 428 g/mol. The Morgan fingerprint density at radius 1 is 0.806 bits per heavy atom. The first-order valence-electron chi connectivity index (χ1n) is 13.3. The molecule has 0 aromatic heterocycles. The van der Waals surface area contributed by atoms with Gasteiger partial charge in [0.1, 0.15) is 0 Å². The van der Waals surface area contributed by atoms with Crippen LogP contribution in [-0.4, -0.2) is 0 Å². The fourth-order valence-corrected chi connectivity index (χ4v) is 6.66. The van der Waals surface area contributed by atoms with Crippen LogP contribution in [0.1, 0.15) is 114 Å². The van der Waals surface area contributed by atoms with Crippen molar-refractivity contribution in [3.63, 3.8) is 0 Å². The van der Waals surface area contributed by atoms with E-state index < -0.39 is 11.6 Å². The number of halogens is 2. The molecule has 0 amide bonds. The van der Waals surface area contributed by atoms with Crippen LogP contribution in [0.25, 0.3) is 5.57 Å². The third-order valence-electron chi connectivity index (χ3n) is 8.78. The molecule has 4 rings (SSSR count). The summed E-state index contributed by atoms with van der Waals surface area (Å²) in [5.41, 5.74) is 2.12. The van der Waals surface area contributed by atoms with E-state index in [4.69, 9.17) is 0 Å². The summed E-state index contributed by atoms with van der Waals surface area (Å²) >= 11 is 0. The Balaban J connectivity index is 1.32. The molecule has 0 heterocycles. The normalized spacial score (nSPS) is 27.5. The Morgan fingerprint density at radius 2 is 1.55 bits per heavy atom. The zero-order valence-electron chi connectivity index (χ0n) is 19.6. The van der Waals surface area contributed by atoms with Gasteiger partial charge < -0.3 is 0 Å². The Hall–Kier alpha value is -1.18. The topological polar surface area (TPSA) is 0 Å². The number of rotatable bonds is 8. The maximum Gasteiger partial charge on any atom is 0.166 e. The van der Waals surface area contributed by atoms with Gasteiger partial charge in [-0.3, -0.25) is 0 Å². The van der Waals surface area contributed by atoms with E-state index in [1.165, 1.54) is 70.6 Å². The van der Waals surface area contributed by atoms with Crippen LogP contribution in [0.5, 0.6) is 0 Å². The number of allylic oxidation sites excluding steroid dienone is 2. The van der Waals surface area contributed by atoms with E-state index >= 15 is 0 Å². The average Bonchev–Trinajstić information content (AvgIpc) is 3.33. The quantitative estimate of drug-likeness (QED) is 0.387. The zero-order chi connectivity index (χ0) is 21.6. The van der Waals surface area contributed by atoms with Gasteiger partial charge in [-0.05, 0) is 79.8 Å². The molecular weight excluding hydrogens is 386 g/mol. The summed E-state index contributed by atoms with van der Waals surface area (Å²) in [6, 6.07) is 3.71. The van der Waals surface area contributed by atoms with Gasteiger partial charge in [0.15, 0.2) is 11.6 Å². The predicted octanol–water partition coefficient (Wildman–Crippen LogP) is 9.27. The van der Waals surface area contributed by atoms with Gasteiger partial charge in [0.2, 0.25) is 0 Å². The second-order valence-electron chi connectivity index (χ2n) is 10.8. The summed E-state index contributed by atoms with van der Waals surface area (Å²) in [5, 5.41) is 0. The second-order valence-corrected chi connectivity index (χ2v) is 10.8. The molecule has 0 radical (unpaired) electrons. The third kappa shape index (κ3) is 5.79. The minimum Gasteiger partial charge on any atom is -0.203 e. The van der Waals surface area contributed by atoms with Crippen LogP contribution in [0.3, 0.4) is 0 Å². The number of aryl methyl sites for hydroxylation is 1. The Morgan fingerprint density at radius 3 is 2.23 bits per heavy atom. The predicted molar refractivity (Wildman–Crippen MR) is 127 cm³/mol. The summed E-state index contributed by atoms with van der Waals surface area (Å²) in [6.07, 6.45) is 21.8. The van der Waals surface area contributed by atoms with Crippen molar-refractivity contribution in [1.82, 2.24) is 0 Å². The first-order valence-corrected chi connectivity index (χ1v) is 13.3. The van der Waals surface area contributed by atoms with Crippen molar-refractivity contribution < 1.29 is 8.78 Å². The molecule has 3 aliphatic rings. The van der Waals surface area contributed by atoms with E-state index in [1.54, 1.807) is 0 Å². The van der Waals surface area contributed by atoms with Gasteiger partial charge >= 0.3 is 0 Å². The van der Waals surface area contributed by atoms with Gasteiger partial charge in [-0.25, -0.2) is 8.78 Å². The van der Waals surface area contributed by atoms with Crippen molar-refractivity contribution in [2.75, 3.05) is 0 Å². The lowest BCUT2D eigenvalue weighted by molar-refractivity contribution is 0.188. The van der Waals surface area contributed by atoms with E-state index in [9.17, 15) is 8.78 Å². The zero-order valence-corrected chi connectivity index (χ0v) is 19.6. The SMILES string of the molecule is CCCCC1CCC(C2CC=C(c3ccc(CCC4CCCC4)c(F)c3F)CC2)CC1. The highest BCUT2D eigenvalue weighted by Crippen LogP contribution is 2.42. The van der Waals surface area contributed by atoms with Crippen molar-refractivity contribution >= 4 is 5.57 Å². The highest BCUT2D eigenvalue weighted by Gasteiger charge is 2.29. The molecule has 0 aliphatic heterocycles. The Labute approximate surface area is 188 Å². The molecular formula is C29H42F2. The van der Waals surface area contributed by atoms with Crippen molar-refractivity contribution in [3.8, 4) is 0 Å². The molecule has 2 saturated carbocycles. The highest BCUT2D eigenvalue weighted by molar-refractivity contribution is 5.67. The summed E-state index contributed by atoms with van der Waals surface area (Å²) in [5.74, 6) is 2.05. The molecule has 0 saturated heterocycles. The van der Waals surface area contributed by atoms with Gasteiger partial charge in [0, 0.05) is 5.56 Å². The molecule has 172 valence electrons. The van der Waals surface area contributed by atoms with Crippen LogP contribution in [0.2, 0.25) is 0 Å². The first kappa shape index (κ1) is 23.0. The van der Waals surface area contributed by atoms with Crippen LogP contribution >= 0.6 is 0 Å². The van der Waals surface area contributed by atoms with Gasteiger partial charge in [0.05, 0.1) is 0 Å². The van der Waals surface area contributed by atoms with Crippen molar-refractivity contribution in [3.05, 3.63) is 41.0 Å². The molecule has 1 atom stereocenters. The average molecular weight is 429 g/mol. The lowest BCUT2D eigenvalue weighted by atomic mass is 9.70. The summed E-state index contributed by atoms with van der Waals surface area (Å²) in [7, 11) is 0. The molecule has 0 N–H and O–H groups in total. The number of hydrogen-bond donors (Lipinski definition) is 0. The molecule has 2 heteroatoms. The van der Waals surface area contributed by atoms with Crippen molar-refractivity contribution in [2.24, 2.45) is 23.7 Å². The van der Waals surface area contributed by atoms with Crippen LogP contribution in [0, 0.1) is 35.3 Å². The van der Waals surface area contributed by atoms with E-state index in [2.05, 4.69) is 13.0 Å². The molecule has 2 fully saturated rings. The van der Waals surface area contributed by atoms with Gasteiger partial charge in [0.25, 0.3) is 0 Å². The molecule has 1 aromatic carbocycles. The minimum absolute atomic E-state index is 0.517. The van der Waals surface area contributed by atoms with Crippen molar-refractivity contribution in [2.45, 2.75) is 110 Å². The van der Waals surface area contributed by atoms with E-state index in [-0.39, 0.29) is 0 Å². The molecule has 0 bridgehead atoms. The second kappa shape index (κ2) is 11.1. The molecule has 3 aliphatic carbocycles. The molecule has 0 nitrogen and oxygen atoms in total. The van der Waals surface area contributed by atoms with Crippen LogP contribution in [0.4, 0.5) is 8.78 Å². The highest BCUT2D eigenvalue weighted by atomic mass is 19.2. The lowest BCUT2D eigenvalue weighted by Gasteiger charge is -2.35. The van der Waals surface area contributed by atoms with E-state index in [0.29, 0.717) is 23.5 Å². The maximum atomic E-state index is 14.9. The maximum absolute atomic E-state index is 14.9. The van der Waals surface area contributed by atoms with Gasteiger partial charge in [-0.15, -0.1) is 0 Å². The number of benzene rings is 1. The smallest absolute Gasteiger partial charge is 0.166 e. The first-order chi connectivity index (χ1) is 15.2. The fourth-order valence-electron chi connectivity index (χ4n) is 6.66. The molecule has 1 aromatic rings. The fraction of sp³-hybridized carbons (Fsp3) is 0.724. The van der Waals surface area contributed by atoms with Crippen LogP contribution < -0.4 is 0 Å². The number of unbranched alkanes of at least 4 members (excludes halogenated alkanes) is 1. The van der Waals surface area contributed by atoms with Crippen molar-refractivity contribution in [1.29, 1.82) is 0 Å².